The molecule has 1 N–H and O–H groups in total. The second-order valence-corrected chi connectivity index (χ2v) is 6.06. The van der Waals surface area contributed by atoms with Crippen molar-refractivity contribution in [3.63, 3.8) is 0 Å². The lowest BCUT2D eigenvalue weighted by Gasteiger charge is -2.30. The summed E-state index contributed by atoms with van der Waals surface area (Å²) in [6.45, 7) is 2.00. The molecule has 4 rings (SSSR count). The van der Waals surface area contributed by atoms with E-state index in [0.717, 1.165) is 24.9 Å². The number of para-hydroxylation sites is 1. The summed E-state index contributed by atoms with van der Waals surface area (Å²) < 4.78 is 0. The van der Waals surface area contributed by atoms with E-state index in [4.69, 9.17) is 0 Å². The fourth-order valence-electron chi connectivity index (χ4n) is 3.00. The van der Waals surface area contributed by atoms with Crippen LogP contribution < -0.4 is 10.2 Å². The number of aromatic nitrogens is 1. The van der Waals surface area contributed by atoms with Crippen molar-refractivity contribution in [3.8, 4) is 0 Å². The molecule has 2 aromatic rings. The maximum Gasteiger partial charge on any atom is 0.132 e. The van der Waals surface area contributed by atoms with Gasteiger partial charge in [-0.05, 0) is 48.9 Å². The molecule has 2 heterocycles. The average Bonchev–Trinajstić information content (AvgIpc) is 3.37. The summed E-state index contributed by atoms with van der Waals surface area (Å²) in [5.74, 6) is 1.07. The third kappa shape index (κ3) is 2.79. The first-order chi connectivity index (χ1) is 10.4. The average molecular weight is 279 g/mol. The third-order valence-electron chi connectivity index (χ3n) is 4.37. The number of hydrogen-bond acceptors (Lipinski definition) is 3. The topological polar surface area (TPSA) is 28.2 Å². The van der Waals surface area contributed by atoms with Gasteiger partial charge >= 0.3 is 0 Å². The van der Waals surface area contributed by atoms with Gasteiger partial charge in [0.1, 0.15) is 5.82 Å². The van der Waals surface area contributed by atoms with Gasteiger partial charge in [0.05, 0.1) is 0 Å². The number of hydrogen-bond donors (Lipinski definition) is 1. The highest BCUT2D eigenvalue weighted by Crippen LogP contribution is 2.32. The van der Waals surface area contributed by atoms with Crippen LogP contribution in [0.2, 0.25) is 0 Å². The minimum Gasteiger partial charge on any atom is -0.326 e. The van der Waals surface area contributed by atoms with Crippen LogP contribution in [-0.4, -0.2) is 17.6 Å². The number of nitrogens with one attached hydrogen (secondary N) is 1. The Hall–Kier alpha value is -1.87. The molecule has 0 atom stereocenters. The van der Waals surface area contributed by atoms with Crippen molar-refractivity contribution in [2.45, 2.75) is 38.3 Å². The molecule has 1 aromatic carbocycles. The van der Waals surface area contributed by atoms with Crippen LogP contribution in [0.1, 0.15) is 30.4 Å². The molecule has 1 fully saturated rings. The van der Waals surface area contributed by atoms with E-state index >= 15 is 0 Å². The summed E-state index contributed by atoms with van der Waals surface area (Å²) in [5, 5.41) is 3.53. The lowest BCUT2D eigenvalue weighted by molar-refractivity contribution is 0.685. The SMILES string of the molecule is c1ccc2c(c1)CCCN2c1ccc(CNC2CC2)cn1. The molecule has 3 nitrogen and oxygen atoms in total. The van der Waals surface area contributed by atoms with Crippen LogP contribution in [0.5, 0.6) is 0 Å². The van der Waals surface area contributed by atoms with E-state index in [-0.39, 0.29) is 0 Å². The first-order valence-electron chi connectivity index (χ1n) is 7.94. The molecule has 1 aliphatic carbocycles. The van der Waals surface area contributed by atoms with Gasteiger partial charge < -0.3 is 10.2 Å². The second kappa shape index (κ2) is 5.49. The number of aryl methyl sites for hydroxylation is 1. The lowest BCUT2D eigenvalue weighted by Crippen LogP contribution is -2.25. The van der Waals surface area contributed by atoms with Gasteiger partial charge in [-0.3, -0.25) is 0 Å². The lowest BCUT2D eigenvalue weighted by atomic mass is 10.0. The Labute approximate surface area is 126 Å². The predicted molar refractivity (Wildman–Crippen MR) is 85.9 cm³/mol. The third-order valence-corrected chi connectivity index (χ3v) is 4.37. The first kappa shape index (κ1) is 12.8. The van der Waals surface area contributed by atoms with E-state index in [1.54, 1.807) is 0 Å². The zero-order valence-electron chi connectivity index (χ0n) is 12.3. The summed E-state index contributed by atoms with van der Waals surface area (Å²) in [4.78, 5) is 7.03. The van der Waals surface area contributed by atoms with Crippen molar-refractivity contribution in [3.05, 3.63) is 53.7 Å². The molecule has 21 heavy (non-hydrogen) atoms. The smallest absolute Gasteiger partial charge is 0.132 e. The molecule has 0 unspecified atom stereocenters. The van der Waals surface area contributed by atoms with Gasteiger partial charge in [0.25, 0.3) is 0 Å². The molecule has 1 aliphatic heterocycles. The Morgan fingerprint density at radius 3 is 2.86 bits per heavy atom. The summed E-state index contributed by atoms with van der Waals surface area (Å²) in [5.41, 5.74) is 4.03. The number of pyridine rings is 1. The Balaban J connectivity index is 1.53. The molecule has 1 saturated carbocycles. The highest BCUT2D eigenvalue weighted by Gasteiger charge is 2.20. The van der Waals surface area contributed by atoms with Crippen LogP contribution in [0, 0.1) is 0 Å². The summed E-state index contributed by atoms with van der Waals surface area (Å²) in [7, 11) is 0. The van der Waals surface area contributed by atoms with Crippen LogP contribution in [0.25, 0.3) is 0 Å². The van der Waals surface area contributed by atoms with E-state index < -0.39 is 0 Å². The molecule has 0 saturated heterocycles. The monoisotopic (exact) mass is 279 g/mol. The standard InChI is InChI=1S/C18H21N3/c1-2-6-17-15(4-1)5-3-11-21(17)18-10-7-14(13-20-18)12-19-16-8-9-16/h1-2,4,6-7,10,13,16,19H,3,5,8-9,11-12H2. The Morgan fingerprint density at radius 1 is 1.14 bits per heavy atom. The molecular weight excluding hydrogens is 258 g/mol. The van der Waals surface area contributed by atoms with Gasteiger partial charge in [-0.25, -0.2) is 4.98 Å². The van der Waals surface area contributed by atoms with E-state index in [0.29, 0.717) is 0 Å². The highest BCUT2D eigenvalue weighted by atomic mass is 15.2. The summed E-state index contributed by atoms with van der Waals surface area (Å²) in [6, 6.07) is 13.8. The Kier molecular flexibility index (Phi) is 3.36. The van der Waals surface area contributed by atoms with Crippen molar-refractivity contribution >= 4 is 11.5 Å². The van der Waals surface area contributed by atoms with Gasteiger partial charge in [0.15, 0.2) is 0 Å². The summed E-state index contributed by atoms with van der Waals surface area (Å²) in [6.07, 6.45) is 7.05. The zero-order chi connectivity index (χ0) is 14.1. The normalized spacial score (nSPS) is 17.6. The van der Waals surface area contributed by atoms with Crippen molar-refractivity contribution < 1.29 is 0 Å². The Morgan fingerprint density at radius 2 is 2.05 bits per heavy atom. The van der Waals surface area contributed by atoms with E-state index in [9.17, 15) is 0 Å². The molecular formula is C18H21N3. The van der Waals surface area contributed by atoms with Crippen LogP contribution in [0.15, 0.2) is 42.6 Å². The maximum atomic E-state index is 4.69. The van der Waals surface area contributed by atoms with Crippen molar-refractivity contribution in [1.29, 1.82) is 0 Å². The molecule has 108 valence electrons. The van der Waals surface area contributed by atoms with Gasteiger partial charge in [0, 0.05) is 31.0 Å². The zero-order valence-corrected chi connectivity index (χ0v) is 12.3. The van der Waals surface area contributed by atoms with Gasteiger partial charge in [-0.2, -0.15) is 0 Å². The number of rotatable bonds is 4. The minimum absolute atomic E-state index is 0.749. The van der Waals surface area contributed by atoms with Gasteiger partial charge in [-0.15, -0.1) is 0 Å². The summed E-state index contributed by atoms with van der Waals surface area (Å²) >= 11 is 0. The molecule has 0 radical (unpaired) electrons. The van der Waals surface area contributed by atoms with Crippen LogP contribution in [-0.2, 0) is 13.0 Å². The van der Waals surface area contributed by atoms with Gasteiger partial charge in [0.2, 0.25) is 0 Å². The van der Waals surface area contributed by atoms with Gasteiger partial charge in [-0.1, -0.05) is 24.3 Å². The van der Waals surface area contributed by atoms with E-state index in [1.807, 2.05) is 6.20 Å². The van der Waals surface area contributed by atoms with Crippen molar-refractivity contribution in [1.82, 2.24) is 10.3 Å². The van der Waals surface area contributed by atoms with Crippen molar-refractivity contribution in [2.24, 2.45) is 0 Å². The molecule has 0 amide bonds. The number of fused-ring (bicyclic) bond motifs is 1. The fraction of sp³-hybridized carbons (Fsp3) is 0.389. The van der Waals surface area contributed by atoms with Crippen LogP contribution >= 0.6 is 0 Å². The predicted octanol–water partition coefficient (Wildman–Crippen LogP) is 3.42. The fourth-order valence-corrected chi connectivity index (χ4v) is 3.00. The molecule has 1 aromatic heterocycles. The van der Waals surface area contributed by atoms with E-state index in [1.165, 1.54) is 42.5 Å². The maximum absolute atomic E-state index is 4.69. The molecule has 2 aliphatic rings. The molecule has 3 heteroatoms. The molecule has 0 spiro atoms. The minimum atomic E-state index is 0.749. The number of benzene rings is 1. The first-order valence-corrected chi connectivity index (χ1v) is 7.94. The quantitative estimate of drug-likeness (QED) is 0.929. The number of anilines is 2. The largest absolute Gasteiger partial charge is 0.326 e. The Bertz CT molecular complexity index is 617. The van der Waals surface area contributed by atoms with Crippen molar-refractivity contribution in [2.75, 3.05) is 11.4 Å². The number of nitrogens with zero attached hydrogens (tertiary/aromatic N) is 2. The second-order valence-electron chi connectivity index (χ2n) is 6.06. The van der Waals surface area contributed by atoms with Crippen LogP contribution in [0.3, 0.4) is 0 Å². The van der Waals surface area contributed by atoms with Crippen LogP contribution in [0.4, 0.5) is 11.5 Å². The highest BCUT2D eigenvalue weighted by molar-refractivity contribution is 5.65. The molecule has 0 bridgehead atoms. The van der Waals surface area contributed by atoms with E-state index in [2.05, 4.69) is 51.6 Å².